The van der Waals surface area contributed by atoms with Crippen molar-refractivity contribution in [2.45, 2.75) is 38.2 Å². The third-order valence-electron chi connectivity index (χ3n) is 3.40. The van der Waals surface area contributed by atoms with E-state index in [0.717, 1.165) is 0 Å². The molecule has 128 valence electrons. The molecule has 1 N–H and O–H groups in total. The van der Waals surface area contributed by atoms with Gasteiger partial charge >= 0.3 is 11.9 Å². The number of esters is 2. The van der Waals surface area contributed by atoms with Crippen LogP contribution in [0.5, 0.6) is 5.75 Å². The molecule has 0 spiro atoms. The van der Waals surface area contributed by atoms with Gasteiger partial charge in [0.15, 0.2) is 0 Å². The van der Waals surface area contributed by atoms with E-state index >= 15 is 0 Å². The molecule has 0 aromatic carbocycles. The van der Waals surface area contributed by atoms with E-state index in [9.17, 15) is 14.7 Å². The largest absolute Gasteiger partial charge is 0.495 e. The van der Waals surface area contributed by atoms with Gasteiger partial charge in [-0.2, -0.15) is 0 Å². The van der Waals surface area contributed by atoms with Crippen molar-refractivity contribution in [3.05, 3.63) is 23.5 Å². The molecule has 0 saturated heterocycles. The predicted molar refractivity (Wildman–Crippen MR) is 82.0 cm³/mol. The number of nitrogens with zero attached hydrogens (tertiary/aromatic N) is 1. The Balaban J connectivity index is 2.71. The fourth-order valence-corrected chi connectivity index (χ4v) is 2.07. The number of rotatable bonds is 9. The van der Waals surface area contributed by atoms with Crippen molar-refractivity contribution >= 4 is 11.9 Å². The number of ether oxygens (including phenoxy) is 3. The van der Waals surface area contributed by atoms with Gasteiger partial charge in [0.1, 0.15) is 5.75 Å². The standard InChI is InChI=1S/C16H23NO6/c1-21-14-9-7-11(13(18)5-4-6-15(19)22-2)17-12(14)8-10-16(20)23-3/h7,9,13,18H,4-6,8,10H2,1-3H3. The molecule has 0 saturated carbocycles. The van der Waals surface area contributed by atoms with E-state index in [2.05, 4.69) is 14.5 Å². The van der Waals surface area contributed by atoms with Gasteiger partial charge in [0, 0.05) is 12.8 Å². The molecule has 1 atom stereocenters. The first-order chi connectivity index (χ1) is 11.0. The van der Waals surface area contributed by atoms with E-state index in [4.69, 9.17) is 4.74 Å². The van der Waals surface area contributed by atoms with E-state index in [1.165, 1.54) is 21.3 Å². The molecule has 1 aromatic heterocycles. The molecule has 0 amide bonds. The maximum Gasteiger partial charge on any atom is 0.305 e. The summed E-state index contributed by atoms with van der Waals surface area (Å²) in [5, 5.41) is 10.2. The van der Waals surface area contributed by atoms with Crippen LogP contribution in [0, 0.1) is 0 Å². The molecule has 1 rings (SSSR count). The quantitative estimate of drug-likeness (QED) is 0.689. The first kappa shape index (κ1) is 18.9. The van der Waals surface area contributed by atoms with Gasteiger partial charge in [0.25, 0.3) is 0 Å². The molecule has 1 aromatic rings. The summed E-state index contributed by atoms with van der Waals surface area (Å²) >= 11 is 0. The second kappa shape index (κ2) is 9.78. The third-order valence-corrected chi connectivity index (χ3v) is 3.40. The van der Waals surface area contributed by atoms with Gasteiger partial charge in [-0.15, -0.1) is 0 Å². The summed E-state index contributed by atoms with van der Waals surface area (Å²) in [6.45, 7) is 0. The Bertz CT molecular complexity index is 531. The Labute approximate surface area is 135 Å². The maximum atomic E-state index is 11.3. The predicted octanol–water partition coefficient (Wildman–Crippen LogP) is 1.57. The normalized spacial score (nSPS) is 11.7. The van der Waals surface area contributed by atoms with Crippen LogP contribution >= 0.6 is 0 Å². The van der Waals surface area contributed by atoms with Crippen LogP contribution in [0.3, 0.4) is 0 Å². The number of aliphatic hydroxyl groups excluding tert-OH is 1. The SMILES string of the molecule is COC(=O)CCCC(O)c1ccc(OC)c(CCC(=O)OC)n1. The van der Waals surface area contributed by atoms with E-state index in [1.54, 1.807) is 12.1 Å². The lowest BCUT2D eigenvalue weighted by atomic mass is 10.1. The number of aryl methyl sites for hydroxylation is 1. The van der Waals surface area contributed by atoms with Crippen molar-refractivity contribution in [3.63, 3.8) is 0 Å². The zero-order valence-electron chi connectivity index (χ0n) is 13.7. The minimum Gasteiger partial charge on any atom is -0.495 e. The number of hydrogen-bond acceptors (Lipinski definition) is 7. The smallest absolute Gasteiger partial charge is 0.305 e. The van der Waals surface area contributed by atoms with Crippen LogP contribution in [0.2, 0.25) is 0 Å². The van der Waals surface area contributed by atoms with Gasteiger partial charge < -0.3 is 19.3 Å². The Morgan fingerprint density at radius 3 is 2.39 bits per heavy atom. The van der Waals surface area contributed by atoms with E-state index in [0.29, 0.717) is 36.4 Å². The van der Waals surface area contributed by atoms with Crippen molar-refractivity contribution < 1.29 is 28.9 Å². The average Bonchev–Trinajstić information content (AvgIpc) is 2.58. The van der Waals surface area contributed by atoms with Crippen molar-refractivity contribution in [1.29, 1.82) is 0 Å². The first-order valence-electron chi connectivity index (χ1n) is 7.37. The minimum atomic E-state index is -0.789. The Morgan fingerprint density at radius 1 is 1.13 bits per heavy atom. The molecule has 0 bridgehead atoms. The second-order valence-corrected chi connectivity index (χ2v) is 4.95. The first-order valence-corrected chi connectivity index (χ1v) is 7.37. The third kappa shape index (κ3) is 6.23. The molecule has 7 nitrogen and oxygen atoms in total. The van der Waals surface area contributed by atoms with Crippen LogP contribution < -0.4 is 4.74 Å². The minimum absolute atomic E-state index is 0.182. The molecule has 0 aliphatic carbocycles. The fraction of sp³-hybridized carbons (Fsp3) is 0.562. The van der Waals surface area contributed by atoms with Crippen LogP contribution in [0.4, 0.5) is 0 Å². The summed E-state index contributed by atoms with van der Waals surface area (Å²) in [5.74, 6) is -0.0871. The highest BCUT2D eigenvalue weighted by Crippen LogP contribution is 2.24. The lowest BCUT2D eigenvalue weighted by Gasteiger charge is -2.13. The van der Waals surface area contributed by atoms with Gasteiger partial charge in [-0.25, -0.2) is 0 Å². The van der Waals surface area contributed by atoms with Gasteiger partial charge in [-0.05, 0) is 25.0 Å². The summed E-state index contributed by atoms with van der Waals surface area (Å²) in [5.41, 5.74) is 1.07. The van der Waals surface area contributed by atoms with Gasteiger partial charge in [0.05, 0.1) is 45.2 Å². The molecular formula is C16H23NO6. The molecule has 1 unspecified atom stereocenters. The molecular weight excluding hydrogens is 302 g/mol. The lowest BCUT2D eigenvalue weighted by Crippen LogP contribution is -2.08. The Morgan fingerprint density at radius 2 is 1.78 bits per heavy atom. The topological polar surface area (TPSA) is 95.0 Å². The van der Waals surface area contributed by atoms with Crippen molar-refractivity contribution in [2.75, 3.05) is 21.3 Å². The van der Waals surface area contributed by atoms with Gasteiger partial charge in [-0.1, -0.05) is 0 Å². The zero-order valence-corrected chi connectivity index (χ0v) is 13.7. The number of methoxy groups -OCH3 is 3. The lowest BCUT2D eigenvalue weighted by molar-refractivity contribution is -0.141. The fourth-order valence-electron chi connectivity index (χ4n) is 2.07. The summed E-state index contributed by atoms with van der Waals surface area (Å²) in [7, 11) is 4.18. The Kier molecular flexibility index (Phi) is 8.04. The van der Waals surface area contributed by atoms with Crippen LogP contribution in [-0.4, -0.2) is 43.4 Å². The molecule has 0 radical (unpaired) electrons. The highest BCUT2D eigenvalue weighted by Gasteiger charge is 2.15. The van der Waals surface area contributed by atoms with Crippen LogP contribution in [0.15, 0.2) is 12.1 Å². The summed E-state index contributed by atoms with van der Waals surface area (Å²) in [6, 6.07) is 3.38. The molecule has 1 heterocycles. The van der Waals surface area contributed by atoms with E-state index in [1.807, 2.05) is 0 Å². The molecule has 0 fully saturated rings. The molecule has 0 aliphatic heterocycles. The molecule has 0 aliphatic rings. The summed E-state index contributed by atoms with van der Waals surface area (Å²) in [6.07, 6.45) is 0.894. The number of carbonyl (C=O) groups is 2. The molecule has 7 heteroatoms. The average molecular weight is 325 g/mol. The van der Waals surface area contributed by atoms with Crippen LogP contribution in [-0.2, 0) is 25.5 Å². The van der Waals surface area contributed by atoms with Crippen molar-refractivity contribution in [1.82, 2.24) is 4.98 Å². The zero-order chi connectivity index (χ0) is 17.2. The maximum absolute atomic E-state index is 11.3. The number of carbonyl (C=O) groups excluding carboxylic acids is 2. The monoisotopic (exact) mass is 325 g/mol. The van der Waals surface area contributed by atoms with E-state index in [-0.39, 0.29) is 24.8 Å². The summed E-state index contributed by atoms with van der Waals surface area (Å²) < 4.78 is 14.4. The van der Waals surface area contributed by atoms with Crippen LogP contribution in [0.25, 0.3) is 0 Å². The second-order valence-electron chi connectivity index (χ2n) is 4.95. The molecule has 23 heavy (non-hydrogen) atoms. The summed E-state index contributed by atoms with van der Waals surface area (Å²) in [4.78, 5) is 26.7. The highest BCUT2D eigenvalue weighted by atomic mass is 16.5. The highest BCUT2D eigenvalue weighted by molar-refractivity contribution is 5.69. The number of pyridine rings is 1. The van der Waals surface area contributed by atoms with Gasteiger partial charge in [0.2, 0.25) is 0 Å². The number of hydrogen-bond donors (Lipinski definition) is 1. The Hall–Kier alpha value is -2.15. The van der Waals surface area contributed by atoms with Crippen molar-refractivity contribution in [3.8, 4) is 5.75 Å². The number of aliphatic hydroxyl groups is 1. The van der Waals surface area contributed by atoms with Crippen LogP contribution in [0.1, 0.15) is 43.2 Å². The van der Waals surface area contributed by atoms with E-state index < -0.39 is 6.10 Å². The number of aromatic nitrogens is 1. The van der Waals surface area contributed by atoms with Gasteiger partial charge in [-0.3, -0.25) is 14.6 Å². The van der Waals surface area contributed by atoms with Crippen molar-refractivity contribution in [2.24, 2.45) is 0 Å².